The van der Waals surface area contributed by atoms with E-state index in [2.05, 4.69) is 5.32 Å². The first kappa shape index (κ1) is 19.5. The third-order valence-electron chi connectivity index (χ3n) is 4.75. The molecule has 1 aliphatic heterocycles. The highest BCUT2D eigenvalue weighted by atomic mass is 16.5. The molecule has 0 spiro atoms. The van der Waals surface area contributed by atoms with Crippen LogP contribution in [-0.2, 0) is 28.9 Å². The van der Waals surface area contributed by atoms with Crippen LogP contribution in [0.25, 0.3) is 0 Å². The predicted molar refractivity (Wildman–Crippen MR) is 105 cm³/mol. The van der Waals surface area contributed by atoms with Crippen LogP contribution in [0.3, 0.4) is 0 Å². The molecule has 0 saturated heterocycles. The van der Waals surface area contributed by atoms with Crippen molar-refractivity contribution in [1.82, 2.24) is 4.90 Å². The van der Waals surface area contributed by atoms with E-state index in [9.17, 15) is 9.59 Å². The van der Waals surface area contributed by atoms with Crippen molar-refractivity contribution in [2.24, 2.45) is 0 Å². The quantitative estimate of drug-likeness (QED) is 0.858. The number of fused-ring (bicyclic) bond motifs is 1. The van der Waals surface area contributed by atoms with Crippen molar-refractivity contribution in [1.29, 1.82) is 0 Å². The maximum Gasteiger partial charge on any atom is 0.409 e. The molecular weight excluding hydrogens is 360 g/mol. The Labute approximate surface area is 164 Å². The number of amides is 2. The number of carbonyl (C=O) groups excluding carboxylic acids is 2. The van der Waals surface area contributed by atoms with Gasteiger partial charge in [0, 0.05) is 18.8 Å². The fraction of sp³-hybridized carbons (Fsp3) is 0.333. The van der Waals surface area contributed by atoms with Gasteiger partial charge in [0.05, 0.1) is 27.8 Å². The summed E-state index contributed by atoms with van der Waals surface area (Å²) in [5.74, 6) is 1.08. The van der Waals surface area contributed by atoms with E-state index in [4.69, 9.17) is 14.2 Å². The zero-order valence-corrected chi connectivity index (χ0v) is 16.3. The Kier molecular flexibility index (Phi) is 6.03. The second-order valence-corrected chi connectivity index (χ2v) is 6.54. The molecule has 0 atom stereocenters. The monoisotopic (exact) mass is 384 g/mol. The van der Waals surface area contributed by atoms with Gasteiger partial charge in [0.2, 0.25) is 5.91 Å². The molecule has 1 aliphatic rings. The van der Waals surface area contributed by atoms with Gasteiger partial charge < -0.3 is 24.4 Å². The lowest BCUT2D eigenvalue weighted by Gasteiger charge is -2.28. The van der Waals surface area contributed by atoms with Crippen LogP contribution in [0.5, 0.6) is 11.5 Å². The number of hydrogen-bond acceptors (Lipinski definition) is 5. The van der Waals surface area contributed by atoms with E-state index in [0.717, 1.165) is 17.5 Å². The largest absolute Gasteiger partial charge is 0.493 e. The highest BCUT2D eigenvalue weighted by Gasteiger charge is 2.21. The molecule has 0 fully saturated rings. The molecular formula is C21H24N2O5. The van der Waals surface area contributed by atoms with E-state index >= 15 is 0 Å². The van der Waals surface area contributed by atoms with Crippen molar-refractivity contribution in [3.63, 3.8) is 0 Å². The molecule has 0 aromatic heterocycles. The van der Waals surface area contributed by atoms with Gasteiger partial charge in [-0.05, 0) is 47.4 Å². The number of methoxy groups -OCH3 is 3. The smallest absolute Gasteiger partial charge is 0.409 e. The third-order valence-corrected chi connectivity index (χ3v) is 4.75. The summed E-state index contributed by atoms with van der Waals surface area (Å²) in [7, 11) is 4.51. The van der Waals surface area contributed by atoms with E-state index in [0.29, 0.717) is 30.3 Å². The van der Waals surface area contributed by atoms with Gasteiger partial charge in [-0.2, -0.15) is 0 Å². The van der Waals surface area contributed by atoms with E-state index in [1.54, 1.807) is 31.3 Å². The number of hydrogen-bond donors (Lipinski definition) is 1. The number of anilines is 1. The zero-order valence-electron chi connectivity index (χ0n) is 16.3. The van der Waals surface area contributed by atoms with Crippen molar-refractivity contribution >= 4 is 17.7 Å². The first-order valence-electron chi connectivity index (χ1n) is 8.99. The van der Waals surface area contributed by atoms with Crippen LogP contribution >= 0.6 is 0 Å². The minimum Gasteiger partial charge on any atom is -0.493 e. The Morgan fingerprint density at radius 3 is 2.50 bits per heavy atom. The molecule has 2 aromatic rings. The van der Waals surface area contributed by atoms with Gasteiger partial charge in [-0.15, -0.1) is 0 Å². The Balaban J connectivity index is 1.67. The van der Waals surface area contributed by atoms with Gasteiger partial charge in [0.1, 0.15) is 0 Å². The van der Waals surface area contributed by atoms with Crippen LogP contribution in [0.1, 0.15) is 16.7 Å². The van der Waals surface area contributed by atoms with Gasteiger partial charge in [0.25, 0.3) is 0 Å². The highest BCUT2D eigenvalue weighted by Crippen LogP contribution is 2.28. The van der Waals surface area contributed by atoms with Gasteiger partial charge >= 0.3 is 6.09 Å². The van der Waals surface area contributed by atoms with Gasteiger partial charge in [-0.3, -0.25) is 4.79 Å². The first-order chi connectivity index (χ1) is 13.5. The van der Waals surface area contributed by atoms with Crippen molar-refractivity contribution in [2.75, 3.05) is 33.2 Å². The molecule has 0 bridgehead atoms. The molecule has 1 heterocycles. The van der Waals surface area contributed by atoms with E-state index in [-0.39, 0.29) is 18.4 Å². The number of benzene rings is 2. The summed E-state index contributed by atoms with van der Waals surface area (Å²) in [6, 6.07) is 11.2. The topological polar surface area (TPSA) is 77.1 Å². The van der Waals surface area contributed by atoms with E-state index in [1.165, 1.54) is 12.7 Å². The number of ether oxygens (including phenoxy) is 3. The Morgan fingerprint density at radius 1 is 1.00 bits per heavy atom. The Bertz CT molecular complexity index is 881. The van der Waals surface area contributed by atoms with Crippen LogP contribution in [0.15, 0.2) is 36.4 Å². The maximum absolute atomic E-state index is 12.5. The van der Waals surface area contributed by atoms with Gasteiger partial charge in [-0.25, -0.2) is 4.79 Å². The SMILES string of the molecule is COC(=O)N1CCc2ccc(NC(=O)Cc3ccc(OC)c(OC)c3)cc2C1. The standard InChI is InChI=1S/C21H24N2O5/c1-26-18-7-4-14(10-19(18)27-2)11-20(24)22-17-6-5-15-8-9-23(21(25)28-3)13-16(15)12-17/h4-7,10,12H,8-9,11,13H2,1-3H3,(H,22,24). The predicted octanol–water partition coefficient (Wildman–Crippen LogP) is 3.01. The molecule has 7 nitrogen and oxygen atoms in total. The number of carbonyl (C=O) groups is 2. The molecule has 3 rings (SSSR count). The van der Waals surface area contributed by atoms with Crippen molar-refractivity contribution in [2.45, 2.75) is 19.4 Å². The molecule has 0 unspecified atom stereocenters. The normalized spacial score (nSPS) is 12.8. The highest BCUT2D eigenvalue weighted by molar-refractivity contribution is 5.92. The molecule has 0 radical (unpaired) electrons. The lowest BCUT2D eigenvalue weighted by atomic mass is 9.99. The minimum absolute atomic E-state index is 0.132. The molecule has 2 amide bonds. The second-order valence-electron chi connectivity index (χ2n) is 6.54. The molecule has 2 aromatic carbocycles. The van der Waals surface area contributed by atoms with Crippen molar-refractivity contribution in [3.05, 3.63) is 53.1 Å². The molecule has 148 valence electrons. The average Bonchev–Trinajstić information content (AvgIpc) is 2.72. The fourth-order valence-corrected chi connectivity index (χ4v) is 3.30. The van der Waals surface area contributed by atoms with Crippen LogP contribution in [-0.4, -0.2) is 44.8 Å². The van der Waals surface area contributed by atoms with Crippen LogP contribution in [0, 0.1) is 0 Å². The molecule has 1 N–H and O–H groups in total. The van der Waals surface area contributed by atoms with Crippen molar-refractivity contribution < 1.29 is 23.8 Å². The summed E-state index contributed by atoms with van der Waals surface area (Å²) in [6.07, 6.45) is 0.643. The zero-order chi connectivity index (χ0) is 20.1. The molecule has 7 heteroatoms. The molecule has 0 saturated carbocycles. The van der Waals surface area contributed by atoms with Crippen LogP contribution in [0.4, 0.5) is 10.5 Å². The summed E-state index contributed by atoms with van der Waals surface area (Å²) >= 11 is 0. The lowest BCUT2D eigenvalue weighted by molar-refractivity contribution is -0.115. The first-order valence-corrected chi connectivity index (χ1v) is 8.99. The number of nitrogens with one attached hydrogen (secondary N) is 1. The summed E-state index contributed by atoms with van der Waals surface area (Å²) in [5, 5.41) is 2.92. The lowest BCUT2D eigenvalue weighted by Crippen LogP contribution is -2.35. The van der Waals surface area contributed by atoms with Crippen LogP contribution in [0.2, 0.25) is 0 Å². The summed E-state index contributed by atoms with van der Waals surface area (Å²) in [5.41, 5.74) is 3.72. The van der Waals surface area contributed by atoms with E-state index < -0.39 is 0 Å². The van der Waals surface area contributed by atoms with E-state index in [1.807, 2.05) is 24.3 Å². The molecule has 28 heavy (non-hydrogen) atoms. The number of nitrogens with zero attached hydrogens (tertiary/aromatic N) is 1. The Hall–Kier alpha value is -3.22. The van der Waals surface area contributed by atoms with Gasteiger partial charge in [0.15, 0.2) is 11.5 Å². The second kappa shape index (κ2) is 8.65. The summed E-state index contributed by atoms with van der Waals surface area (Å²) < 4.78 is 15.3. The Morgan fingerprint density at radius 2 is 1.79 bits per heavy atom. The summed E-state index contributed by atoms with van der Waals surface area (Å²) in [6.45, 7) is 1.10. The third kappa shape index (κ3) is 4.36. The maximum atomic E-state index is 12.5. The fourth-order valence-electron chi connectivity index (χ4n) is 3.30. The van der Waals surface area contributed by atoms with Crippen LogP contribution < -0.4 is 14.8 Å². The molecule has 0 aliphatic carbocycles. The van der Waals surface area contributed by atoms with Crippen molar-refractivity contribution in [3.8, 4) is 11.5 Å². The summed E-state index contributed by atoms with van der Waals surface area (Å²) in [4.78, 5) is 25.9. The van der Waals surface area contributed by atoms with Gasteiger partial charge in [-0.1, -0.05) is 12.1 Å². The minimum atomic E-state index is -0.339. The number of rotatable bonds is 5. The average molecular weight is 384 g/mol.